The van der Waals surface area contributed by atoms with Crippen LogP contribution < -0.4 is 15.2 Å². The van der Waals surface area contributed by atoms with E-state index in [-0.39, 0.29) is 0 Å². The molecule has 100 valence electrons. The van der Waals surface area contributed by atoms with Gasteiger partial charge < -0.3 is 15.2 Å². The first-order valence-corrected chi connectivity index (χ1v) is 6.14. The molecule has 19 heavy (non-hydrogen) atoms. The van der Waals surface area contributed by atoms with Gasteiger partial charge in [0.1, 0.15) is 17.3 Å². The number of nitrogens with two attached hydrogens (primary N) is 1. The molecule has 2 aromatic rings. The number of hydrogen-bond donors (Lipinski definition) is 1. The lowest BCUT2D eigenvalue weighted by Gasteiger charge is -2.07. The molecule has 5 nitrogen and oxygen atoms in total. The molecule has 0 aliphatic rings. The molecule has 0 unspecified atom stereocenters. The van der Waals surface area contributed by atoms with Crippen molar-refractivity contribution >= 4 is 0 Å². The van der Waals surface area contributed by atoms with Gasteiger partial charge in [0.2, 0.25) is 0 Å². The average Bonchev–Trinajstić information content (AvgIpc) is 2.47. The summed E-state index contributed by atoms with van der Waals surface area (Å²) in [5, 5.41) is 0. The normalized spacial score (nSPS) is 10.2. The quantitative estimate of drug-likeness (QED) is 0.860. The fourth-order valence-electron chi connectivity index (χ4n) is 1.59. The van der Waals surface area contributed by atoms with E-state index in [9.17, 15) is 0 Å². The van der Waals surface area contributed by atoms with Crippen LogP contribution >= 0.6 is 0 Å². The molecular formula is C14H17N3O2. The summed E-state index contributed by atoms with van der Waals surface area (Å²) in [6.07, 6.45) is 5.00. The van der Waals surface area contributed by atoms with E-state index in [4.69, 9.17) is 15.2 Å². The highest BCUT2D eigenvalue weighted by Gasteiger charge is 2.01. The summed E-state index contributed by atoms with van der Waals surface area (Å²) >= 11 is 0. The monoisotopic (exact) mass is 259 g/mol. The Labute approximate surface area is 112 Å². The molecule has 1 aromatic carbocycles. The topological polar surface area (TPSA) is 70.3 Å². The van der Waals surface area contributed by atoms with Gasteiger partial charge in [0.25, 0.3) is 0 Å². The molecule has 5 heteroatoms. The number of aromatic nitrogens is 2. The maximum Gasteiger partial charge on any atom is 0.164 e. The Balaban J connectivity index is 2.02. The molecule has 0 atom stereocenters. The van der Waals surface area contributed by atoms with Crippen molar-refractivity contribution in [2.45, 2.75) is 12.8 Å². The SMILES string of the molecule is COc1cccc(Oc2cnc(CCCN)nc2)c1. The van der Waals surface area contributed by atoms with Crippen molar-refractivity contribution in [2.24, 2.45) is 5.73 Å². The van der Waals surface area contributed by atoms with Crippen molar-refractivity contribution < 1.29 is 9.47 Å². The smallest absolute Gasteiger partial charge is 0.164 e. The fourth-order valence-corrected chi connectivity index (χ4v) is 1.59. The summed E-state index contributed by atoms with van der Waals surface area (Å²) in [4.78, 5) is 8.46. The third kappa shape index (κ3) is 3.93. The van der Waals surface area contributed by atoms with Crippen LogP contribution in [0.3, 0.4) is 0 Å². The van der Waals surface area contributed by atoms with Crippen LogP contribution in [-0.4, -0.2) is 23.6 Å². The number of rotatable bonds is 6. The van der Waals surface area contributed by atoms with Crippen LogP contribution in [-0.2, 0) is 6.42 Å². The maximum atomic E-state index is 5.65. The van der Waals surface area contributed by atoms with Crippen LogP contribution in [0.5, 0.6) is 17.2 Å². The van der Waals surface area contributed by atoms with E-state index < -0.39 is 0 Å². The molecule has 0 saturated carbocycles. The van der Waals surface area contributed by atoms with Crippen molar-refractivity contribution in [1.82, 2.24) is 9.97 Å². The molecule has 0 aliphatic carbocycles. The van der Waals surface area contributed by atoms with Gasteiger partial charge in [-0.05, 0) is 25.1 Å². The minimum Gasteiger partial charge on any atom is -0.497 e. The second kappa shape index (κ2) is 6.70. The van der Waals surface area contributed by atoms with Gasteiger partial charge in [0.05, 0.1) is 19.5 Å². The number of aryl methyl sites for hydroxylation is 1. The van der Waals surface area contributed by atoms with Crippen LogP contribution in [0.25, 0.3) is 0 Å². The second-order valence-corrected chi connectivity index (χ2v) is 4.01. The highest BCUT2D eigenvalue weighted by Crippen LogP contribution is 2.24. The Hall–Kier alpha value is -2.14. The van der Waals surface area contributed by atoms with Crippen LogP contribution in [0, 0.1) is 0 Å². The lowest BCUT2D eigenvalue weighted by molar-refractivity contribution is 0.408. The van der Waals surface area contributed by atoms with Crippen LogP contribution in [0.15, 0.2) is 36.7 Å². The lowest BCUT2D eigenvalue weighted by Crippen LogP contribution is -2.03. The van der Waals surface area contributed by atoms with Gasteiger partial charge in [-0.3, -0.25) is 0 Å². The summed E-state index contributed by atoms with van der Waals surface area (Å²) in [6.45, 7) is 0.644. The van der Waals surface area contributed by atoms with Gasteiger partial charge in [-0.1, -0.05) is 6.07 Å². The van der Waals surface area contributed by atoms with E-state index >= 15 is 0 Å². The molecule has 1 heterocycles. The molecule has 2 N–H and O–H groups in total. The minimum absolute atomic E-state index is 0.602. The van der Waals surface area contributed by atoms with E-state index in [1.807, 2.05) is 24.3 Å². The van der Waals surface area contributed by atoms with E-state index in [0.717, 1.165) is 24.4 Å². The number of methoxy groups -OCH3 is 1. The maximum absolute atomic E-state index is 5.65. The third-order valence-electron chi connectivity index (χ3n) is 2.56. The summed E-state index contributed by atoms with van der Waals surface area (Å²) in [7, 11) is 1.62. The predicted molar refractivity (Wildman–Crippen MR) is 72.5 cm³/mol. The van der Waals surface area contributed by atoms with Crippen LogP contribution in [0.1, 0.15) is 12.2 Å². The van der Waals surface area contributed by atoms with Gasteiger partial charge >= 0.3 is 0 Å². The Morgan fingerprint density at radius 3 is 2.53 bits per heavy atom. The molecule has 1 aromatic heterocycles. The zero-order valence-electron chi connectivity index (χ0n) is 10.9. The van der Waals surface area contributed by atoms with Gasteiger partial charge in [-0.15, -0.1) is 0 Å². The molecule has 2 rings (SSSR count). The molecular weight excluding hydrogens is 242 g/mol. The fraction of sp³-hybridized carbons (Fsp3) is 0.286. The van der Waals surface area contributed by atoms with Gasteiger partial charge in [0.15, 0.2) is 5.75 Å². The number of ether oxygens (including phenoxy) is 2. The molecule has 0 spiro atoms. The average molecular weight is 259 g/mol. The van der Waals surface area contributed by atoms with Gasteiger partial charge in [0, 0.05) is 12.5 Å². The number of hydrogen-bond acceptors (Lipinski definition) is 5. The van der Waals surface area contributed by atoms with Crippen LogP contribution in [0.2, 0.25) is 0 Å². The highest BCUT2D eigenvalue weighted by atomic mass is 16.5. The molecule has 0 fully saturated rings. The lowest BCUT2D eigenvalue weighted by atomic mass is 10.3. The molecule has 0 aliphatic heterocycles. The van der Waals surface area contributed by atoms with E-state index in [1.54, 1.807) is 19.5 Å². The second-order valence-electron chi connectivity index (χ2n) is 4.01. The zero-order chi connectivity index (χ0) is 13.5. The van der Waals surface area contributed by atoms with Gasteiger partial charge in [-0.2, -0.15) is 0 Å². The first-order valence-electron chi connectivity index (χ1n) is 6.14. The molecule has 0 bridgehead atoms. The Kier molecular flexibility index (Phi) is 4.69. The first-order chi connectivity index (χ1) is 9.31. The standard InChI is InChI=1S/C14H17N3O2/c1-18-11-4-2-5-12(8-11)19-13-9-16-14(17-10-13)6-3-7-15/h2,4-5,8-10H,3,6-7,15H2,1H3. The van der Waals surface area contributed by atoms with Crippen LogP contribution in [0.4, 0.5) is 0 Å². The number of benzene rings is 1. The Morgan fingerprint density at radius 1 is 1.11 bits per heavy atom. The Bertz CT molecular complexity index is 514. The van der Waals surface area contributed by atoms with Crippen molar-refractivity contribution in [3.8, 4) is 17.2 Å². The summed E-state index contributed by atoms with van der Waals surface area (Å²) in [6, 6.07) is 7.39. The summed E-state index contributed by atoms with van der Waals surface area (Å²) < 4.78 is 10.8. The third-order valence-corrected chi connectivity index (χ3v) is 2.56. The van der Waals surface area contributed by atoms with Crippen molar-refractivity contribution in [3.05, 3.63) is 42.5 Å². The highest BCUT2D eigenvalue weighted by molar-refractivity contribution is 5.35. The number of nitrogens with zero attached hydrogens (tertiary/aromatic N) is 2. The van der Waals surface area contributed by atoms with E-state index in [0.29, 0.717) is 18.0 Å². The van der Waals surface area contributed by atoms with Crippen molar-refractivity contribution in [2.75, 3.05) is 13.7 Å². The van der Waals surface area contributed by atoms with Crippen molar-refractivity contribution in [1.29, 1.82) is 0 Å². The molecule has 0 amide bonds. The zero-order valence-corrected chi connectivity index (χ0v) is 10.9. The Morgan fingerprint density at radius 2 is 1.84 bits per heavy atom. The first kappa shape index (κ1) is 13.3. The molecule has 0 saturated heterocycles. The van der Waals surface area contributed by atoms with Crippen molar-refractivity contribution in [3.63, 3.8) is 0 Å². The minimum atomic E-state index is 0.602. The van der Waals surface area contributed by atoms with Gasteiger partial charge in [-0.25, -0.2) is 9.97 Å². The van der Waals surface area contributed by atoms with E-state index in [1.165, 1.54) is 0 Å². The molecule has 0 radical (unpaired) electrons. The summed E-state index contributed by atoms with van der Waals surface area (Å²) in [5.74, 6) is 2.82. The predicted octanol–water partition coefficient (Wildman–Crippen LogP) is 2.17. The van der Waals surface area contributed by atoms with E-state index in [2.05, 4.69) is 9.97 Å². The largest absolute Gasteiger partial charge is 0.497 e. The summed E-state index contributed by atoms with van der Waals surface area (Å²) in [5.41, 5.74) is 5.44.